The van der Waals surface area contributed by atoms with E-state index in [0.29, 0.717) is 13.2 Å². The number of benzene rings is 1. The molecule has 1 fully saturated rings. The van der Waals surface area contributed by atoms with E-state index in [-0.39, 0.29) is 6.04 Å². The summed E-state index contributed by atoms with van der Waals surface area (Å²) in [6.07, 6.45) is -0.413. The highest BCUT2D eigenvalue weighted by atomic mass is 79.9. The average Bonchev–Trinajstić information content (AvgIpc) is 2.50. The van der Waals surface area contributed by atoms with Gasteiger partial charge in [0.25, 0.3) is 0 Å². The van der Waals surface area contributed by atoms with Crippen molar-refractivity contribution in [3.63, 3.8) is 0 Å². The molecule has 0 amide bonds. The summed E-state index contributed by atoms with van der Waals surface area (Å²) in [5.74, 6) is 0. The van der Waals surface area contributed by atoms with Gasteiger partial charge in [-0.15, -0.1) is 0 Å². The van der Waals surface area contributed by atoms with Gasteiger partial charge in [0, 0.05) is 10.2 Å². The fraction of sp³-hybridized carbons (Fsp3) is 0.455. The first kappa shape index (κ1) is 10.9. The fourth-order valence-corrected chi connectivity index (χ4v) is 2.32. The Morgan fingerprint density at radius 2 is 2.20 bits per heavy atom. The molecule has 2 unspecified atom stereocenters. The molecule has 1 saturated heterocycles. The molecule has 1 aromatic rings. The van der Waals surface area contributed by atoms with Gasteiger partial charge in [-0.2, -0.15) is 0 Å². The molecule has 0 aliphatic carbocycles. The Kier molecular flexibility index (Phi) is 3.29. The topological polar surface area (TPSA) is 41.5 Å². The van der Waals surface area contributed by atoms with E-state index < -0.39 is 6.10 Å². The van der Waals surface area contributed by atoms with Crippen LogP contribution in [0, 0.1) is 6.92 Å². The maximum absolute atomic E-state index is 9.59. The van der Waals surface area contributed by atoms with Gasteiger partial charge in [0.2, 0.25) is 0 Å². The minimum atomic E-state index is -0.413. The van der Waals surface area contributed by atoms with Crippen molar-refractivity contribution >= 4 is 21.6 Å². The maximum atomic E-state index is 9.59. The highest BCUT2D eigenvalue weighted by Crippen LogP contribution is 2.21. The van der Waals surface area contributed by atoms with Gasteiger partial charge < -0.3 is 15.2 Å². The second kappa shape index (κ2) is 4.51. The first-order chi connectivity index (χ1) is 7.15. The Hall–Kier alpha value is -0.580. The van der Waals surface area contributed by atoms with E-state index in [2.05, 4.69) is 27.3 Å². The smallest absolute Gasteiger partial charge is 0.0996 e. The van der Waals surface area contributed by atoms with E-state index in [0.717, 1.165) is 10.2 Å². The van der Waals surface area contributed by atoms with Crippen molar-refractivity contribution < 1.29 is 9.84 Å². The van der Waals surface area contributed by atoms with Crippen LogP contribution in [0.2, 0.25) is 0 Å². The van der Waals surface area contributed by atoms with Crippen molar-refractivity contribution in [1.29, 1.82) is 0 Å². The first-order valence-corrected chi connectivity index (χ1v) is 5.74. The van der Waals surface area contributed by atoms with Gasteiger partial charge in [0.05, 0.1) is 25.4 Å². The zero-order valence-corrected chi connectivity index (χ0v) is 10.1. The minimum Gasteiger partial charge on any atom is -0.388 e. The van der Waals surface area contributed by atoms with Crippen LogP contribution < -0.4 is 5.32 Å². The highest BCUT2D eigenvalue weighted by molar-refractivity contribution is 9.10. The van der Waals surface area contributed by atoms with Crippen LogP contribution >= 0.6 is 15.9 Å². The lowest BCUT2D eigenvalue weighted by Gasteiger charge is -2.16. The Labute approximate surface area is 97.6 Å². The SMILES string of the molecule is Cc1cc(Br)cc(NC2COCC2O)c1. The number of nitrogens with one attached hydrogen (secondary N) is 1. The third-order valence-corrected chi connectivity index (χ3v) is 2.90. The van der Waals surface area contributed by atoms with Crippen molar-refractivity contribution in [1.82, 2.24) is 0 Å². The molecule has 0 saturated carbocycles. The number of aliphatic hydroxyl groups is 1. The maximum Gasteiger partial charge on any atom is 0.0996 e. The Morgan fingerprint density at radius 1 is 1.40 bits per heavy atom. The quantitative estimate of drug-likeness (QED) is 0.864. The van der Waals surface area contributed by atoms with E-state index in [9.17, 15) is 5.11 Å². The molecule has 2 N–H and O–H groups in total. The van der Waals surface area contributed by atoms with Crippen LogP contribution in [-0.4, -0.2) is 30.5 Å². The summed E-state index contributed by atoms with van der Waals surface area (Å²) < 4.78 is 6.22. The van der Waals surface area contributed by atoms with E-state index in [4.69, 9.17) is 4.74 Å². The number of rotatable bonds is 2. The number of hydrogen-bond donors (Lipinski definition) is 2. The molecule has 1 aliphatic rings. The van der Waals surface area contributed by atoms with Gasteiger partial charge in [0.15, 0.2) is 0 Å². The second-order valence-corrected chi connectivity index (χ2v) is 4.79. The summed E-state index contributed by atoms with van der Waals surface area (Å²) in [6.45, 7) is 3.02. The lowest BCUT2D eigenvalue weighted by molar-refractivity contribution is 0.125. The van der Waals surface area contributed by atoms with E-state index in [1.807, 2.05) is 19.1 Å². The van der Waals surface area contributed by atoms with Crippen LogP contribution in [0.15, 0.2) is 22.7 Å². The van der Waals surface area contributed by atoms with Crippen molar-refractivity contribution in [2.45, 2.75) is 19.1 Å². The Bertz CT molecular complexity index is 336. The summed E-state index contributed by atoms with van der Waals surface area (Å²) in [7, 11) is 0. The van der Waals surface area contributed by atoms with Crippen LogP contribution in [0.25, 0.3) is 0 Å². The predicted octanol–water partition coefficient (Wildman–Crippen LogP) is 1.93. The van der Waals surface area contributed by atoms with E-state index in [1.54, 1.807) is 0 Å². The monoisotopic (exact) mass is 271 g/mol. The molecule has 4 heteroatoms. The van der Waals surface area contributed by atoms with E-state index in [1.165, 1.54) is 5.56 Å². The van der Waals surface area contributed by atoms with Crippen molar-refractivity contribution in [3.05, 3.63) is 28.2 Å². The van der Waals surface area contributed by atoms with Gasteiger partial charge in [-0.25, -0.2) is 0 Å². The molecule has 15 heavy (non-hydrogen) atoms. The second-order valence-electron chi connectivity index (χ2n) is 3.87. The lowest BCUT2D eigenvalue weighted by atomic mass is 10.1. The molecule has 2 atom stereocenters. The predicted molar refractivity (Wildman–Crippen MR) is 63.1 cm³/mol. The number of hydrogen-bond acceptors (Lipinski definition) is 3. The summed E-state index contributed by atoms with van der Waals surface area (Å²) in [4.78, 5) is 0. The summed E-state index contributed by atoms with van der Waals surface area (Å²) >= 11 is 3.44. The number of ether oxygens (including phenoxy) is 1. The van der Waals surface area contributed by atoms with Gasteiger partial charge >= 0.3 is 0 Å². The van der Waals surface area contributed by atoms with Crippen molar-refractivity contribution in [3.8, 4) is 0 Å². The van der Waals surface area contributed by atoms with Crippen LogP contribution in [0.1, 0.15) is 5.56 Å². The molecule has 0 aromatic heterocycles. The van der Waals surface area contributed by atoms with Gasteiger partial charge in [0.1, 0.15) is 0 Å². The normalized spacial score (nSPS) is 25.5. The third-order valence-electron chi connectivity index (χ3n) is 2.44. The molecular formula is C11H14BrNO2. The number of halogens is 1. The van der Waals surface area contributed by atoms with Gasteiger partial charge in [-0.1, -0.05) is 15.9 Å². The van der Waals surface area contributed by atoms with Crippen molar-refractivity contribution in [2.75, 3.05) is 18.5 Å². The van der Waals surface area contributed by atoms with Crippen LogP contribution in [0.4, 0.5) is 5.69 Å². The highest BCUT2D eigenvalue weighted by Gasteiger charge is 2.25. The first-order valence-electron chi connectivity index (χ1n) is 4.95. The average molecular weight is 272 g/mol. The standard InChI is InChI=1S/C11H14BrNO2/c1-7-2-8(12)4-9(3-7)13-10-5-15-6-11(10)14/h2-4,10-11,13-14H,5-6H2,1H3. The van der Waals surface area contributed by atoms with E-state index >= 15 is 0 Å². The summed E-state index contributed by atoms with van der Waals surface area (Å²) in [5.41, 5.74) is 2.19. The van der Waals surface area contributed by atoms with Gasteiger partial charge in [-0.3, -0.25) is 0 Å². The molecular weight excluding hydrogens is 258 g/mol. The molecule has 1 aliphatic heterocycles. The zero-order chi connectivity index (χ0) is 10.8. The molecule has 3 nitrogen and oxygen atoms in total. The fourth-order valence-electron chi connectivity index (χ4n) is 1.71. The molecule has 0 spiro atoms. The van der Waals surface area contributed by atoms with Crippen molar-refractivity contribution in [2.24, 2.45) is 0 Å². The number of anilines is 1. The van der Waals surface area contributed by atoms with Gasteiger partial charge in [-0.05, 0) is 30.7 Å². The molecule has 0 radical (unpaired) electrons. The Morgan fingerprint density at radius 3 is 2.80 bits per heavy atom. The lowest BCUT2D eigenvalue weighted by Crippen LogP contribution is -2.31. The van der Waals surface area contributed by atoms with Crippen LogP contribution in [0.3, 0.4) is 0 Å². The summed E-state index contributed by atoms with van der Waals surface area (Å²) in [6, 6.07) is 6.10. The summed E-state index contributed by atoms with van der Waals surface area (Å²) in [5, 5.41) is 12.9. The molecule has 1 heterocycles. The van der Waals surface area contributed by atoms with Crippen LogP contribution in [0.5, 0.6) is 0 Å². The molecule has 0 bridgehead atoms. The number of aryl methyl sites for hydroxylation is 1. The Balaban J connectivity index is 2.10. The third kappa shape index (κ3) is 2.71. The number of aliphatic hydroxyl groups excluding tert-OH is 1. The molecule has 82 valence electrons. The molecule has 1 aromatic carbocycles. The minimum absolute atomic E-state index is 0.00120. The zero-order valence-electron chi connectivity index (χ0n) is 8.53. The molecule has 2 rings (SSSR count). The van der Waals surface area contributed by atoms with Crippen LogP contribution in [-0.2, 0) is 4.74 Å². The largest absolute Gasteiger partial charge is 0.388 e.